The Kier molecular flexibility index (Phi) is 2.25. The molecule has 2 N–H and O–H groups in total. The molecule has 0 atom stereocenters. The zero-order chi connectivity index (χ0) is 8.27. The molecule has 60 valence electrons. The van der Waals surface area contributed by atoms with Gasteiger partial charge in [-0.25, -0.2) is 4.79 Å². The van der Waals surface area contributed by atoms with Gasteiger partial charge in [0.05, 0.1) is 0 Å². The molecular formula is C7H9NO3. The molecule has 1 aliphatic rings. The summed E-state index contributed by atoms with van der Waals surface area (Å²) in [5.74, 6) is -1.11. The topological polar surface area (TPSA) is 66.4 Å². The van der Waals surface area contributed by atoms with Crippen molar-refractivity contribution in [3.05, 3.63) is 11.8 Å². The maximum absolute atomic E-state index is 10.7. The van der Waals surface area contributed by atoms with Gasteiger partial charge in [-0.2, -0.15) is 0 Å². The van der Waals surface area contributed by atoms with Crippen molar-refractivity contribution in [2.24, 2.45) is 0 Å². The lowest BCUT2D eigenvalue weighted by Crippen LogP contribution is -2.27. The highest BCUT2D eigenvalue weighted by Gasteiger charge is 2.11. The Hall–Kier alpha value is -1.32. The van der Waals surface area contributed by atoms with Crippen LogP contribution in [0.2, 0.25) is 0 Å². The fourth-order valence-electron chi connectivity index (χ4n) is 1.00. The van der Waals surface area contributed by atoms with Crippen LogP contribution in [0.25, 0.3) is 0 Å². The second kappa shape index (κ2) is 3.18. The van der Waals surface area contributed by atoms with E-state index in [9.17, 15) is 9.59 Å². The first-order valence-corrected chi connectivity index (χ1v) is 3.42. The average Bonchev–Trinajstić information content (AvgIpc) is 1.85. The van der Waals surface area contributed by atoms with Crippen LogP contribution in [-0.4, -0.2) is 17.0 Å². The molecule has 1 aliphatic heterocycles. The molecular weight excluding hydrogens is 146 g/mol. The Morgan fingerprint density at radius 1 is 1.55 bits per heavy atom. The summed E-state index contributed by atoms with van der Waals surface area (Å²) in [7, 11) is 0. The number of nitrogens with one attached hydrogen (secondary N) is 1. The first kappa shape index (κ1) is 7.78. The fourth-order valence-corrected chi connectivity index (χ4v) is 1.00. The monoisotopic (exact) mass is 155 g/mol. The van der Waals surface area contributed by atoms with Gasteiger partial charge in [-0.05, 0) is 12.8 Å². The summed E-state index contributed by atoms with van der Waals surface area (Å²) in [6, 6.07) is 0. The van der Waals surface area contributed by atoms with Crippen molar-refractivity contribution in [3.8, 4) is 0 Å². The number of hydrogen-bond acceptors (Lipinski definition) is 2. The quantitative estimate of drug-likeness (QED) is 0.533. The number of carbonyl (C=O) groups excluding carboxylic acids is 1. The first-order chi connectivity index (χ1) is 5.18. The third-order valence-electron chi connectivity index (χ3n) is 1.45. The van der Waals surface area contributed by atoms with E-state index in [-0.39, 0.29) is 5.91 Å². The molecule has 0 radical (unpaired) electrons. The van der Waals surface area contributed by atoms with Crippen molar-refractivity contribution in [1.82, 2.24) is 5.32 Å². The van der Waals surface area contributed by atoms with E-state index in [0.717, 1.165) is 12.5 Å². The van der Waals surface area contributed by atoms with Gasteiger partial charge < -0.3 is 10.4 Å². The minimum Gasteiger partial charge on any atom is -0.478 e. The van der Waals surface area contributed by atoms with Crippen molar-refractivity contribution in [3.63, 3.8) is 0 Å². The van der Waals surface area contributed by atoms with Crippen LogP contribution in [0.4, 0.5) is 0 Å². The van der Waals surface area contributed by atoms with Gasteiger partial charge in [-0.1, -0.05) is 0 Å². The number of aliphatic carboxylic acids is 1. The third-order valence-corrected chi connectivity index (χ3v) is 1.45. The van der Waals surface area contributed by atoms with E-state index in [1.54, 1.807) is 0 Å². The molecule has 0 bridgehead atoms. The summed E-state index contributed by atoms with van der Waals surface area (Å²) in [4.78, 5) is 20.9. The van der Waals surface area contributed by atoms with Crippen molar-refractivity contribution in [2.45, 2.75) is 19.3 Å². The number of carbonyl (C=O) groups is 2. The molecule has 1 heterocycles. The van der Waals surface area contributed by atoms with Gasteiger partial charge in [0.2, 0.25) is 5.91 Å². The number of amides is 1. The highest BCUT2D eigenvalue weighted by molar-refractivity contribution is 5.84. The molecule has 0 aromatic heterocycles. The highest BCUT2D eigenvalue weighted by Crippen LogP contribution is 2.10. The predicted molar refractivity (Wildman–Crippen MR) is 37.7 cm³/mol. The fraction of sp³-hybridized carbons (Fsp3) is 0.429. The first-order valence-electron chi connectivity index (χ1n) is 3.42. The molecule has 0 saturated carbocycles. The van der Waals surface area contributed by atoms with Gasteiger partial charge in [0.15, 0.2) is 0 Å². The molecule has 1 rings (SSSR count). The SMILES string of the molecule is O=C(O)/C=C1/CCCC(=O)N1. The lowest BCUT2D eigenvalue weighted by atomic mass is 10.1. The van der Waals surface area contributed by atoms with Crippen molar-refractivity contribution in [2.75, 3.05) is 0 Å². The summed E-state index contributed by atoms with van der Waals surface area (Å²) >= 11 is 0. The zero-order valence-corrected chi connectivity index (χ0v) is 5.96. The van der Waals surface area contributed by atoms with E-state index >= 15 is 0 Å². The van der Waals surface area contributed by atoms with Crippen LogP contribution in [0.5, 0.6) is 0 Å². The van der Waals surface area contributed by atoms with E-state index in [1.807, 2.05) is 0 Å². The maximum atomic E-state index is 10.7. The van der Waals surface area contributed by atoms with E-state index in [1.165, 1.54) is 0 Å². The van der Waals surface area contributed by atoms with E-state index in [4.69, 9.17) is 5.11 Å². The zero-order valence-electron chi connectivity index (χ0n) is 5.96. The number of piperidine rings is 1. The molecule has 0 unspecified atom stereocenters. The summed E-state index contributed by atoms with van der Waals surface area (Å²) in [5, 5.41) is 10.8. The molecule has 0 aliphatic carbocycles. The van der Waals surface area contributed by atoms with Gasteiger partial charge in [-0.15, -0.1) is 0 Å². The Morgan fingerprint density at radius 2 is 2.27 bits per heavy atom. The highest BCUT2D eigenvalue weighted by atomic mass is 16.4. The maximum Gasteiger partial charge on any atom is 0.330 e. The van der Waals surface area contributed by atoms with Crippen LogP contribution in [0.15, 0.2) is 11.8 Å². The van der Waals surface area contributed by atoms with Crippen LogP contribution in [-0.2, 0) is 9.59 Å². The molecule has 4 heteroatoms. The van der Waals surface area contributed by atoms with Gasteiger partial charge >= 0.3 is 5.97 Å². The molecule has 0 spiro atoms. The molecule has 1 saturated heterocycles. The van der Waals surface area contributed by atoms with Crippen LogP contribution in [0, 0.1) is 0 Å². The largest absolute Gasteiger partial charge is 0.478 e. The molecule has 1 fully saturated rings. The number of carboxylic acid groups (broad SMARTS) is 1. The van der Waals surface area contributed by atoms with Gasteiger partial charge in [0.25, 0.3) is 0 Å². The van der Waals surface area contributed by atoms with Crippen molar-refractivity contribution < 1.29 is 14.7 Å². The normalized spacial score (nSPS) is 21.5. The van der Waals surface area contributed by atoms with Crippen LogP contribution < -0.4 is 5.32 Å². The van der Waals surface area contributed by atoms with E-state index < -0.39 is 5.97 Å². The van der Waals surface area contributed by atoms with Gasteiger partial charge in [0, 0.05) is 18.2 Å². The number of hydrogen-bond donors (Lipinski definition) is 2. The van der Waals surface area contributed by atoms with Crippen LogP contribution in [0.1, 0.15) is 19.3 Å². The number of rotatable bonds is 1. The average molecular weight is 155 g/mol. The Morgan fingerprint density at radius 3 is 2.82 bits per heavy atom. The van der Waals surface area contributed by atoms with Gasteiger partial charge in [-0.3, -0.25) is 4.79 Å². The molecule has 11 heavy (non-hydrogen) atoms. The summed E-state index contributed by atoms with van der Waals surface area (Å²) in [6.07, 6.45) is 2.93. The summed E-state index contributed by atoms with van der Waals surface area (Å²) < 4.78 is 0. The Bertz CT molecular complexity index is 220. The third kappa shape index (κ3) is 2.41. The summed E-state index contributed by atoms with van der Waals surface area (Å²) in [6.45, 7) is 0. The minimum absolute atomic E-state index is 0.0937. The Labute approximate surface area is 63.9 Å². The van der Waals surface area contributed by atoms with Crippen LogP contribution >= 0.6 is 0 Å². The van der Waals surface area contributed by atoms with Gasteiger partial charge in [0.1, 0.15) is 0 Å². The lowest BCUT2D eigenvalue weighted by Gasteiger charge is -2.13. The van der Waals surface area contributed by atoms with Crippen molar-refractivity contribution >= 4 is 11.9 Å². The van der Waals surface area contributed by atoms with E-state index in [0.29, 0.717) is 18.5 Å². The lowest BCUT2D eigenvalue weighted by molar-refractivity contribution is -0.131. The molecule has 0 aromatic carbocycles. The molecule has 4 nitrogen and oxygen atoms in total. The second-order valence-electron chi connectivity index (χ2n) is 2.41. The minimum atomic E-state index is -1.01. The Balaban J connectivity index is 2.59. The molecule has 0 aromatic rings. The summed E-state index contributed by atoms with van der Waals surface area (Å²) in [5.41, 5.74) is 0.508. The number of carboxylic acids is 1. The smallest absolute Gasteiger partial charge is 0.330 e. The van der Waals surface area contributed by atoms with Crippen molar-refractivity contribution in [1.29, 1.82) is 0 Å². The standard InChI is InChI=1S/C7H9NO3/c9-6-3-1-2-5(8-6)4-7(10)11/h4H,1-3H2,(H,8,9)(H,10,11)/b5-4-. The van der Waals surface area contributed by atoms with E-state index in [2.05, 4.69) is 5.32 Å². The second-order valence-corrected chi connectivity index (χ2v) is 2.41. The molecule has 1 amide bonds. The van der Waals surface area contributed by atoms with Crippen LogP contribution in [0.3, 0.4) is 0 Å². The predicted octanol–water partition coefficient (Wildman–Crippen LogP) is 0.255. The number of allylic oxidation sites excluding steroid dienone is 1.